The van der Waals surface area contributed by atoms with E-state index in [2.05, 4.69) is 4.90 Å². The minimum Gasteiger partial charge on any atom is -0.303 e. The summed E-state index contributed by atoms with van der Waals surface area (Å²) in [5.41, 5.74) is 0.652. The van der Waals surface area contributed by atoms with Crippen LogP contribution >= 0.6 is 0 Å². The molecule has 0 aromatic heterocycles. The van der Waals surface area contributed by atoms with Gasteiger partial charge in [0.15, 0.2) is 0 Å². The monoisotopic (exact) mass is 261 g/mol. The van der Waals surface area contributed by atoms with Gasteiger partial charge >= 0.3 is 0 Å². The molecule has 4 saturated carbocycles. The van der Waals surface area contributed by atoms with Gasteiger partial charge in [-0.3, -0.25) is 0 Å². The van der Waals surface area contributed by atoms with E-state index in [-0.39, 0.29) is 0 Å². The lowest BCUT2D eigenvalue weighted by Gasteiger charge is -2.58. The van der Waals surface area contributed by atoms with Gasteiger partial charge in [-0.05, 0) is 81.1 Å². The maximum atomic E-state index is 11.0. The lowest BCUT2D eigenvalue weighted by atomic mass is 9.49. The lowest BCUT2D eigenvalue weighted by Crippen LogP contribution is -2.52. The number of carbonyl (C=O) groups is 1. The molecular formula is C17H27NO. The fourth-order valence-corrected chi connectivity index (χ4v) is 6.30. The summed E-state index contributed by atoms with van der Waals surface area (Å²) >= 11 is 0. The SMILES string of the molecule is O=CC1CCCN(CC23CC4CC(CC(C4)C2)C3)C1. The first-order chi connectivity index (χ1) is 9.25. The molecule has 0 N–H and O–H groups in total. The van der Waals surface area contributed by atoms with E-state index in [4.69, 9.17) is 0 Å². The Labute approximate surface area is 116 Å². The first-order valence-corrected chi connectivity index (χ1v) is 8.42. The second-order valence-corrected chi connectivity index (χ2v) is 8.19. The summed E-state index contributed by atoms with van der Waals surface area (Å²) in [5.74, 6) is 3.48. The fraction of sp³-hybridized carbons (Fsp3) is 0.941. The lowest BCUT2D eigenvalue weighted by molar-refractivity contribution is -0.114. The largest absolute Gasteiger partial charge is 0.303 e. The third-order valence-electron chi connectivity index (χ3n) is 6.46. The van der Waals surface area contributed by atoms with Crippen LogP contribution in [-0.2, 0) is 4.79 Å². The van der Waals surface area contributed by atoms with Crippen LogP contribution in [0, 0.1) is 29.1 Å². The Morgan fingerprint density at radius 2 is 1.68 bits per heavy atom. The van der Waals surface area contributed by atoms with E-state index in [1.807, 2.05) is 0 Å². The van der Waals surface area contributed by atoms with Gasteiger partial charge in [-0.1, -0.05) is 0 Å². The molecule has 0 aromatic carbocycles. The van der Waals surface area contributed by atoms with Gasteiger partial charge in [0.2, 0.25) is 0 Å². The van der Waals surface area contributed by atoms with E-state index in [1.54, 1.807) is 0 Å². The molecule has 5 aliphatic rings. The Balaban J connectivity index is 1.45. The van der Waals surface area contributed by atoms with Crippen LogP contribution in [0.3, 0.4) is 0 Å². The van der Waals surface area contributed by atoms with Crippen LogP contribution in [0.5, 0.6) is 0 Å². The molecule has 4 aliphatic carbocycles. The predicted molar refractivity (Wildman–Crippen MR) is 75.8 cm³/mol. The van der Waals surface area contributed by atoms with E-state index in [1.165, 1.54) is 64.3 Å². The number of carbonyl (C=O) groups excluding carboxylic acids is 1. The minimum atomic E-state index is 0.322. The molecule has 1 saturated heterocycles. The number of aldehydes is 1. The van der Waals surface area contributed by atoms with Crippen molar-refractivity contribution in [2.24, 2.45) is 29.1 Å². The summed E-state index contributed by atoms with van der Waals surface area (Å²) < 4.78 is 0. The molecule has 1 unspecified atom stereocenters. The number of likely N-dealkylation sites (tertiary alicyclic amines) is 1. The van der Waals surface area contributed by atoms with Crippen LogP contribution in [0.1, 0.15) is 51.4 Å². The Hall–Kier alpha value is -0.370. The molecule has 0 radical (unpaired) electrons. The van der Waals surface area contributed by atoms with E-state index in [0.29, 0.717) is 11.3 Å². The van der Waals surface area contributed by atoms with E-state index in [0.717, 1.165) is 30.7 Å². The molecule has 1 atom stereocenters. The molecule has 5 fully saturated rings. The third kappa shape index (κ3) is 2.26. The molecule has 19 heavy (non-hydrogen) atoms. The Morgan fingerprint density at radius 1 is 1.05 bits per heavy atom. The third-order valence-corrected chi connectivity index (χ3v) is 6.46. The number of rotatable bonds is 3. The Kier molecular flexibility index (Phi) is 2.98. The summed E-state index contributed by atoms with van der Waals surface area (Å²) in [5, 5.41) is 0. The van der Waals surface area contributed by atoms with Gasteiger partial charge in [0.05, 0.1) is 0 Å². The Bertz CT molecular complexity index is 329. The first-order valence-electron chi connectivity index (χ1n) is 8.42. The van der Waals surface area contributed by atoms with E-state index >= 15 is 0 Å². The number of piperidine rings is 1. The van der Waals surface area contributed by atoms with Gasteiger partial charge < -0.3 is 9.69 Å². The van der Waals surface area contributed by atoms with Crippen molar-refractivity contribution in [2.45, 2.75) is 51.4 Å². The molecule has 0 aromatic rings. The van der Waals surface area contributed by atoms with Crippen molar-refractivity contribution < 1.29 is 4.79 Å². The Morgan fingerprint density at radius 3 is 2.26 bits per heavy atom. The number of hydrogen-bond acceptors (Lipinski definition) is 2. The van der Waals surface area contributed by atoms with E-state index < -0.39 is 0 Å². The highest BCUT2D eigenvalue weighted by molar-refractivity contribution is 5.53. The molecule has 1 heterocycles. The first kappa shape index (κ1) is 12.4. The van der Waals surface area contributed by atoms with E-state index in [9.17, 15) is 4.79 Å². The van der Waals surface area contributed by atoms with Crippen LogP contribution in [-0.4, -0.2) is 30.8 Å². The summed E-state index contributed by atoms with van der Waals surface area (Å²) in [4.78, 5) is 13.7. The van der Waals surface area contributed by atoms with Crippen LogP contribution < -0.4 is 0 Å². The van der Waals surface area contributed by atoms with Crippen molar-refractivity contribution in [3.8, 4) is 0 Å². The van der Waals surface area contributed by atoms with Crippen LogP contribution in [0.15, 0.2) is 0 Å². The molecule has 1 aliphatic heterocycles. The average molecular weight is 261 g/mol. The van der Waals surface area contributed by atoms with Crippen molar-refractivity contribution in [3.05, 3.63) is 0 Å². The zero-order chi connectivity index (χ0) is 12.9. The zero-order valence-corrected chi connectivity index (χ0v) is 12.0. The highest BCUT2D eigenvalue weighted by Gasteiger charge is 2.51. The normalized spacial score (nSPS) is 49.5. The molecular weight excluding hydrogens is 234 g/mol. The number of hydrogen-bond donors (Lipinski definition) is 0. The highest BCUT2D eigenvalue weighted by atomic mass is 16.1. The molecule has 0 spiro atoms. The molecule has 5 rings (SSSR count). The molecule has 4 bridgehead atoms. The topological polar surface area (TPSA) is 20.3 Å². The number of nitrogens with zero attached hydrogens (tertiary/aromatic N) is 1. The van der Waals surface area contributed by atoms with Crippen molar-refractivity contribution in [2.75, 3.05) is 19.6 Å². The minimum absolute atomic E-state index is 0.322. The second kappa shape index (κ2) is 4.58. The summed E-state index contributed by atoms with van der Waals surface area (Å²) in [6.07, 6.45) is 12.7. The van der Waals surface area contributed by atoms with Crippen molar-refractivity contribution in [3.63, 3.8) is 0 Å². The van der Waals surface area contributed by atoms with Crippen LogP contribution in [0.25, 0.3) is 0 Å². The van der Waals surface area contributed by atoms with Gasteiger partial charge in [0.1, 0.15) is 6.29 Å². The summed E-state index contributed by atoms with van der Waals surface area (Å²) in [7, 11) is 0. The maximum absolute atomic E-state index is 11.0. The summed E-state index contributed by atoms with van der Waals surface area (Å²) in [6.45, 7) is 3.60. The van der Waals surface area contributed by atoms with Crippen molar-refractivity contribution in [1.29, 1.82) is 0 Å². The molecule has 2 nitrogen and oxygen atoms in total. The zero-order valence-electron chi connectivity index (χ0n) is 12.0. The van der Waals surface area contributed by atoms with Gasteiger partial charge in [-0.15, -0.1) is 0 Å². The smallest absolute Gasteiger partial charge is 0.124 e. The quantitative estimate of drug-likeness (QED) is 0.728. The average Bonchev–Trinajstić information content (AvgIpc) is 2.36. The fourth-order valence-electron chi connectivity index (χ4n) is 6.30. The highest BCUT2D eigenvalue weighted by Crippen LogP contribution is 2.60. The summed E-state index contributed by atoms with van der Waals surface area (Å²) in [6, 6.07) is 0. The standard InChI is InChI=1S/C17H27NO/c19-11-13-2-1-3-18(10-13)12-17-7-14-4-15(8-17)6-16(5-14)9-17/h11,13-16H,1-10,12H2. The van der Waals surface area contributed by atoms with Crippen molar-refractivity contribution in [1.82, 2.24) is 4.90 Å². The van der Waals surface area contributed by atoms with Gasteiger partial charge in [-0.2, -0.15) is 0 Å². The van der Waals surface area contributed by atoms with Gasteiger partial charge in [0.25, 0.3) is 0 Å². The second-order valence-electron chi connectivity index (χ2n) is 8.19. The molecule has 0 amide bonds. The van der Waals surface area contributed by atoms with Gasteiger partial charge in [-0.25, -0.2) is 0 Å². The van der Waals surface area contributed by atoms with Crippen LogP contribution in [0.2, 0.25) is 0 Å². The predicted octanol–water partition coefficient (Wildman–Crippen LogP) is 3.11. The molecule has 106 valence electrons. The van der Waals surface area contributed by atoms with Gasteiger partial charge in [0, 0.05) is 19.0 Å². The maximum Gasteiger partial charge on any atom is 0.124 e. The molecule has 2 heteroatoms. The van der Waals surface area contributed by atoms with Crippen LogP contribution in [0.4, 0.5) is 0 Å². The van der Waals surface area contributed by atoms with Crippen molar-refractivity contribution >= 4 is 6.29 Å².